The molecule has 1 aliphatic heterocycles. The van der Waals surface area contributed by atoms with E-state index in [1.165, 1.54) is 18.2 Å². The summed E-state index contributed by atoms with van der Waals surface area (Å²) in [6, 6.07) is 4.22. The zero-order valence-electron chi connectivity index (χ0n) is 11.0. The van der Waals surface area contributed by atoms with Crippen LogP contribution in [0.1, 0.15) is 23.2 Å². The van der Waals surface area contributed by atoms with Crippen molar-refractivity contribution in [2.24, 2.45) is 5.92 Å². The number of nitro benzene ring substituents is 1. The predicted octanol–water partition coefficient (Wildman–Crippen LogP) is 2.29. The Kier molecular flexibility index (Phi) is 4.56. The van der Waals surface area contributed by atoms with Crippen LogP contribution >= 0.6 is 15.9 Å². The minimum Gasteiger partial charge on any atom is -0.481 e. The molecule has 0 bridgehead atoms. The van der Waals surface area contributed by atoms with E-state index in [2.05, 4.69) is 15.9 Å². The van der Waals surface area contributed by atoms with Crippen LogP contribution < -0.4 is 0 Å². The number of benzene rings is 1. The van der Waals surface area contributed by atoms with E-state index >= 15 is 0 Å². The van der Waals surface area contributed by atoms with Gasteiger partial charge in [-0.3, -0.25) is 19.7 Å². The van der Waals surface area contributed by atoms with Crippen molar-refractivity contribution in [3.05, 3.63) is 38.3 Å². The van der Waals surface area contributed by atoms with Gasteiger partial charge in [0.25, 0.3) is 11.6 Å². The van der Waals surface area contributed by atoms with Crippen LogP contribution in [0.15, 0.2) is 22.7 Å². The van der Waals surface area contributed by atoms with Crippen LogP contribution in [0.25, 0.3) is 0 Å². The minimum atomic E-state index is -0.881. The van der Waals surface area contributed by atoms with Gasteiger partial charge in [-0.2, -0.15) is 0 Å². The summed E-state index contributed by atoms with van der Waals surface area (Å²) in [5, 5.41) is 19.6. The Bertz CT molecular complexity index is 604. The van der Waals surface area contributed by atoms with Crippen molar-refractivity contribution in [2.75, 3.05) is 13.1 Å². The van der Waals surface area contributed by atoms with Gasteiger partial charge >= 0.3 is 5.97 Å². The summed E-state index contributed by atoms with van der Waals surface area (Å²) in [5.74, 6) is -1.25. The van der Waals surface area contributed by atoms with Crippen molar-refractivity contribution in [1.29, 1.82) is 0 Å². The van der Waals surface area contributed by atoms with E-state index in [1.807, 2.05) is 0 Å². The lowest BCUT2D eigenvalue weighted by molar-refractivity contribution is -0.385. The Hall–Kier alpha value is -1.96. The van der Waals surface area contributed by atoms with E-state index in [9.17, 15) is 19.7 Å². The SMILES string of the molecule is O=C(O)CC1CCN(C(=O)c2ccc(Br)c([N+](=O)[O-])c2)C1. The monoisotopic (exact) mass is 356 g/mol. The quantitative estimate of drug-likeness (QED) is 0.658. The number of nitrogens with zero attached hydrogens (tertiary/aromatic N) is 2. The first kappa shape index (κ1) is 15.4. The van der Waals surface area contributed by atoms with Crippen LogP contribution in [-0.4, -0.2) is 39.9 Å². The molecule has 1 aromatic carbocycles. The molecule has 112 valence electrons. The van der Waals surface area contributed by atoms with E-state index in [-0.39, 0.29) is 29.5 Å². The number of carboxylic acid groups (broad SMARTS) is 1. The highest BCUT2D eigenvalue weighted by Crippen LogP contribution is 2.27. The Morgan fingerprint density at radius 1 is 1.48 bits per heavy atom. The molecular weight excluding hydrogens is 344 g/mol. The largest absolute Gasteiger partial charge is 0.481 e. The second kappa shape index (κ2) is 6.21. The normalized spacial score (nSPS) is 17.8. The molecule has 0 saturated carbocycles. The summed E-state index contributed by atoms with van der Waals surface area (Å²) in [5.41, 5.74) is 0.0722. The Morgan fingerprint density at radius 3 is 2.81 bits per heavy atom. The number of carbonyl (C=O) groups excluding carboxylic acids is 1. The van der Waals surface area contributed by atoms with E-state index in [4.69, 9.17) is 5.11 Å². The summed E-state index contributed by atoms with van der Waals surface area (Å²) in [6.07, 6.45) is 0.668. The third-order valence-corrected chi connectivity index (χ3v) is 4.10. The molecule has 1 N–H and O–H groups in total. The molecule has 2 rings (SSSR count). The average Bonchev–Trinajstić information content (AvgIpc) is 2.85. The van der Waals surface area contributed by atoms with Crippen LogP contribution in [0.5, 0.6) is 0 Å². The molecule has 8 heteroatoms. The maximum absolute atomic E-state index is 12.3. The highest BCUT2D eigenvalue weighted by atomic mass is 79.9. The van der Waals surface area contributed by atoms with E-state index < -0.39 is 10.9 Å². The van der Waals surface area contributed by atoms with Gasteiger partial charge in [-0.1, -0.05) is 0 Å². The third kappa shape index (κ3) is 3.57. The number of hydrogen-bond donors (Lipinski definition) is 1. The number of aliphatic carboxylic acids is 1. The molecule has 7 nitrogen and oxygen atoms in total. The van der Waals surface area contributed by atoms with Gasteiger partial charge in [0.2, 0.25) is 0 Å². The second-order valence-electron chi connectivity index (χ2n) is 4.93. The van der Waals surface area contributed by atoms with Crippen molar-refractivity contribution in [1.82, 2.24) is 4.90 Å². The summed E-state index contributed by atoms with van der Waals surface area (Å²) < 4.78 is 0.314. The van der Waals surface area contributed by atoms with Crippen molar-refractivity contribution in [2.45, 2.75) is 12.8 Å². The highest BCUT2D eigenvalue weighted by Gasteiger charge is 2.29. The zero-order valence-corrected chi connectivity index (χ0v) is 12.6. The number of nitro groups is 1. The molecule has 1 fully saturated rings. The Morgan fingerprint density at radius 2 is 2.19 bits per heavy atom. The smallest absolute Gasteiger partial charge is 0.303 e. The number of hydrogen-bond acceptors (Lipinski definition) is 4. The predicted molar refractivity (Wildman–Crippen MR) is 77.1 cm³/mol. The van der Waals surface area contributed by atoms with Gasteiger partial charge in [0.05, 0.1) is 9.40 Å². The minimum absolute atomic E-state index is 0.0320. The third-order valence-electron chi connectivity index (χ3n) is 3.43. The van der Waals surface area contributed by atoms with Gasteiger partial charge in [0, 0.05) is 31.1 Å². The first-order valence-corrected chi connectivity index (χ1v) is 7.12. The summed E-state index contributed by atoms with van der Waals surface area (Å²) in [7, 11) is 0. The van der Waals surface area contributed by atoms with Crippen molar-refractivity contribution in [3.8, 4) is 0 Å². The standard InChI is InChI=1S/C13H13BrN2O5/c14-10-2-1-9(6-11(10)16(20)21)13(19)15-4-3-8(7-15)5-12(17)18/h1-2,6,8H,3-5,7H2,(H,17,18). The van der Waals surface area contributed by atoms with Crippen LogP contribution in [0, 0.1) is 16.0 Å². The van der Waals surface area contributed by atoms with Crippen molar-refractivity contribution >= 4 is 33.5 Å². The summed E-state index contributed by atoms with van der Waals surface area (Å²) in [6.45, 7) is 0.843. The van der Waals surface area contributed by atoms with Crippen LogP contribution in [0.2, 0.25) is 0 Å². The zero-order chi connectivity index (χ0) is 15.6. The topological polar surface area (TPSA) is 101 Å². The first-order chi connectivity index (χ1) is 9.88. The van der Waals surface area contributed by atoms with Crippen LogP contribution in [-0.2, 0) is 4.79 Å². The summed E-state index contributed by atoms with van der Waals surface area (Å²) in [4.78, 5) is 34.8. The molecule has 1 saturated heterocycles. The van der Waals surface area contributed by atoms with Gasteiger partial charge in [-0.05, 0) is 40.4 Å². The molecule has 0 spiro atoms. The van der Waals surface area contributed by atoms with Crippen molar-refractivity contribution in [3.63, 3.8) is 0 Å². The molecule has 0 radical (unpaired) electrons. The number of rotatable bonds is 4. The fourth-order valence-electron chi connectivity index (χ4n) is 2.40. The van der Waals surface area contributed by atoms with Gasteiger partial charge < -0.3 is 10.0 Å². The molecule has 1 aromatic rings. The molecule has 0 aromatic heterocycles. The maximum Gasteiger partial charge on any atom is 0.303 e. The molecule has 1 aliphatic rings. The molecule has 0 aliphatic carbocycles. The first-order valence-electron chi connectivity index (χ1n) is 6.33. The second-order valence-corrected chi connectivity index (χ2v) is 5.78. The Labute approximate surface area is 128 Å². The van der Waals surface area contributed by atoms with E-state index in [0.29, 0.717) is 24.0 Å². The summed E-state index contributed by atoms with van der Waals surface area (Å²) >= 11 is 3.07. The Balaban J connectivity index is 2.12. The van der Waals surface area contributed by atoms with Gasteiger partial charge in [0.1, 0.15) is 0 Å². The lowest BCUT2D eigenvalue weighted by Crippen LogP contribution is -2.29. The maximum atomic E-state index is 12.3. The molecule has 21 heavy (non-hydrogen) atoms. The fourth-order valence-corrected chi connectivity index (χ4v) is 2.79. The fraction of sp³-hybridized carbons (Fsp3) is 0.385. The lowest BCUT2D eigenvalue weighted by atomic mass is 10.1. The molecule has 1 unspecified atom stereocenters. The number of carbonyl (C=O) groups is 2. The average molecular weight is 357 g/mol. The number of carboxylic acids is 1. The van der Waals surface area contributed by atoms with Crippen LogP contribution in [0.3, 0.4) is 0 Å². The van der Waals surface area contributed by atoms with Gasteiger partial charge in [-0.25, -0.2) is 0 Å². The lowest BCUT2D eigenvalue weighted by Gasteiger charge is -2.16. The number of halogens is 1. The highest BCUT2D eigenvalue weighted by molar-refractivity contribution is 9.10. The molecule has 1 heterocycles. The van der Waals surface area contributed by atoms with Gasteiger partial charge in [-0.15, -0.1) is 0 Å². The van der Waals surface area contributed by atoms with Crippen molar-refractivity contribution < 1.29 is 19.6 Å². The van der Waals surface area contributed by atoms with Gasteiger partial charge in [0.15, 0.2) is 0 Å². The molecule has 1 amide bonds. The number of amides is 1. The van der Waals surface area contributed by atoms with Crippen LogP contribution in [0.4, 0.5) is 5.69 Å². The van der Waals surface area contributed by atoms with E-state index in [1.54, 1.807) is 4.90 Å². The molecular formula is C13H13BrN2O5. The van der Waals surface area contributed by atoms with E-state index in [0.717, 1.165) is 0 Å². The molecule has 1 atom stereocenters. The number of likely N-dealkylation sites (tertiary alicyclic amines) is 1.